The Labute approximate surface area is 167 Å². The van der Waals surface area contributed by atoms with Gasteiger partial charge in [0.25, 0.3) is 0 Å². The lowest BCUT2D eigenvalue weighted by atomic mass is 10.2. The molecule has 3 rings (SSSR count). The van der Waals surface area contributed by atoms with Crippen molar-refractivity contribution in [3.63, 3.8) is 0 Å². The minimum atomic E-state index is -0.206. The fourth-order valence-corrected chi connectivity index (χ4v) is 4.25. The summed E-state index contributed by atoms with van der Waals surface area (Å²) in [6.07, 6.45) is 3.94. The minimum Gasteiger partial charge on any atom is -0.399 e. The summed E-state index contributed by atoms with van der Waals surface area (Å²) in [4.78, 5) is 18.6. The van der Waals surface area contributed by atoms with E-state index in [0.717, 1.165) is 37.3 Å². The molecule has 0 saturated heterocycles. The third kappa shape index (κ3) is 4.81. The highest BCUT2D eigenvalue weighted by atomic mass is 32.2. The Morgan fingerprint density at radius 2 is 1.93 bits per heavy atom. The third-order valence-electron chi connectivity index (χ3n) is 3.81. The Morgan fingerprint density at radius 1 is 1.19 bits per heavy atom. The topological polar surface area (TPSA) is 80.0 Å². The van der Waals surface area contributed by atoms with Crippen LogP contribution < -0.4 is 16.4 Å². The van der Waals surface area contributed by atoms with E-state index >= 15 is 0 Å². The standard InChI is InChI=1S/C20H22N4OS2/c1-12(2)23-20(25)24-15-7-4-13(5-8-15)19-22-11-18(27-19)16-9-6-14(21)10-17(16)26-3/h4-12H,21H2,1-3H3,(H2,23,24,25). The van der Waals surface area contributed by atoms with Crippen molar-refractivity contribution >= 4 is 40.5 Å². The first-order chi connectivity index (χ1) is 13.0. The molecular weight excluding hydrogens is 376 g/mol. The fourth-order valence-electron chi connectivity index (χ4n) is 2.57. The second-order valence-corrected chi connectivity index (χ2v) is 8.20. The van der Waals surface area contributed by atoms with Gasteiger partial charge in [-0.2, -0.15) is 0 Å². The fraction of sp³-hybridized carbons (Fsp3) is 0.200. The molecule has 0 unspecified atom stereocenters. The number of anilines is 2. The minimum absolute atomic E-state index is 0.0949. The summed E-state index contributed by atoms with van der Waals surface area (Å²) in [5.41, 5.74) is 9.56. The Bertz CT molecular complexity index is 935. The SMILES string of the molecule is CSc1cc(N)ccc1-c1cnc(-c2ccc(NC(=O)NC(C)C)cc2)s1. The van der Waals surface area contributed by atoms with E-state index in [4.69, 9.17) is 5.73 Å². The highest BCUT2D eigenvalue weighted by Gasteiger charge is 2.11. The number of hydrogen-bond donors (Lipinski definition) is 3. The zero-order valence-electron chi connectivity index (χ0n) is 15.4. The second kappa shape index (κ2) is 8.45. The zero-order valence-corrected chi connectivity index (χ0v) is 17.1. The molecule has 0 saturated carbocycles. The van der Waals surface area contributed by atoms with E-state index in [9.17, 15) is 4.79 Å². The number of nitrogens with two attached hydrogens (primary N) is 1. The molecule has 140 valence electrons. The molecule has 4 N–H and O–H groups in total. The van der Waals surface area contributed by atoms with E-state index in [0.29, 0.717) is 0 Å². The Balaban J connectivity index is 1.78. The van der Waals surface area contributed by atoms with Gasteiger partial charge in [-0.3, -0.25) is 0 Å². The highest BCUT2D eigenvalue weighted by Crippen LogP contribution is 2.37. The summed E-state index contributed by atoms with van der Waals surface area (Å²) in [5, 5.41) is 6.56. The van der Waals surface area contributed by atoms with Crippen LogP contribution in [-0.4, -0.2) is 23.3 Å². The van der Waals surface area contributed by atoms with Crippen LogP contribution in [0.4, 0.5) is 16.2 Å². The smallest absolute Gasteiger partial charge is 0.319 e. The average molecular weight is 399 g/mol. The normalized spacial score (nSPS) is 10.8. The van der Waals surface area contributed by atoms with E-state index in [2.05, 4.69) is 15.6 Å². The van der Waals surface area contributed by atoms with Gasteiger partial charge in [0.1, 0.15) is 5.01 Å². The van der Waals surface area contributed by atoms with Crippen LogP contribution in [0.15, 0.2) is 53.6 Å². The number of aromatic nitrogens is 1. The predicted molar refractivity (Wildman–Crippen MR) is 116 cm³/mol. The van der Waals surface area contributed by atoms with Crippen LogP contribution in [0.3, 0.4) is 0 Å². The number of hydrogen-bond acceptors (Lipinski definition) is 5. The van der Waals surface area contributed by atoms with Crippen molar-refractivity contribution in [1.29, 1.82) is 0 Å². The first-order valence-corrected chi connectivity index (χ1v) is 10.6. The molecule has 1 aromatic heterocycles. The first kappa shape index (κ1) is 19.3. The number of amides is 2. The van der Waals surface area contributed by atoms with Gasteiger partial charge in [-0.25, -0.2) is 9.78 Å². The summed E-state index contributed by atoms with van der Waals surface area (Å²) in [7, 11) is 0. The number of rotatable bonds is 5. The number of benzene rings is 2. The number of nitrogens with one attached hydrogen (secondary N) is 2. The van der Waals surface area contributed by atoms with Crippen molar-refractivity contribution < 1.29 is 4.79 Å². The number of thioether (sulfide) groups is 1. The summed E-state index contributed by atoms with van der Waals surface area (Å²) in [6, 6.07) is 13.5. The van der Waals surface area contributed by atoms with Gasteiger partial charge in [0.05, 0.1) is 4.88 Å². The monoisotopic (exact) mass is 398 g/mol. The molecule has 5 nitrogen and oxygen atoms in total. The predicted octanol–water partition coefficient (Wildman–Crippen LogP) is 5.31. The molecular formula is C20H22N4OS2. The number of carbonyl (C=O) groups is 1. The molecule has 0 radical (unpaired) electrons. The van der Waals surface area contributed by atoms with Crippen LogP contribution in [0.25, 0.3) is 21.0 Å². The average Bonchev–Trinajstić information content (AvgIpc) is 3.11. The quantitative estimate of drug-likeness (QED) is 0.402. The molecule has 7 heteroatoms. The molecule has 0 atom stereocenters. The number of nitrogens with zero attached hydrogens (tertiary/aromatic N) is 1. The van der Waals surface area contributed by atoms with Crippen molar-refractivity contribution in [3.05, 3.63) is 48.7 Å². The van der Waals surface area contributed by atoms with E-state index in [1.807, 2.05) is 68.8 Å². The number of thiazole rings is 1. The van der Waals surface area contributed by atoms with E-state index < -0.39 is 0 Å². The van der Waals surface area contributed by atoms with Crippen LogP contribution in [0.2, 0.25) is 0 Å². The molecule has 2 amide bonds. The number of urea groups is 1. The van der Waals surface area contributed by atoms with Gasteiger partial charge in [0.2, 0.25) is 0 Å². The second-order valence-electron chi connectivity index (χ2n) is 6.32. The van der Waals surface area contributed by atoms with E-state index in [1.165, 1.54) is 0 Å². The molecule has 1 heterocycles. The van der Waals surface area contributed by atoms with Gasteiger partial charge in [0, 0.05) is 39.6 Å². The molecule has 0 aliphatic rings. The highest BCUT2D eigenvalue weighted by molar-refractivity contribution is 7.98. The summed E-state index contributed by atoms with van der Waals surface area (Å²) in [6.45, 7) is 3.85. The molecule has 27 heavy (non-hydrogen) atoms. The van der Waals surface area contributed by atoms with Crippen molar-refractivity contribution in [3.8, 4) is 21.0 Å². The van der Waals surface area contributed by atoms with Gasteiger partial charge in [-0.05, 0) is 56.5 Å². The van der Waals surface area contributed by atoms with Crippen molar-refractivity contribution in [2.75, 3.05) is 17.3 Å². The van der Waals surface area contributed by atoms with Gasteiger partial charge in [0.15, 0.2) is 0 Å². The Morgan fingerprint density at radius 3 is 2.59 bits per heavy atom. The van der Waals surface area contributed by atoms with Gasteiger partial charge >= 0.3 is 6.03 Å². The number of nitrogen functional groups attached to an aromatic ring is 1. The summed E-state index contributed by atoms with van der Waals surface area (Å²) < 4.78 is 0. The largest absolute Gasteiger partial charge is 0.399 e. The zero-order chi connectivity index (χ0) is 19.4. The van der Waals surface area contributed by atoms with Crippen LogP contribution >= 0.6 is 23.1 Å². The van der Waals surface area contributed by atoms with Crippen LogP contribution in [0, 0.1) is 0 Å². The molecule has 0 aliphatic heterocycles. The maximum absolute atomic E-state index is 11.8. The Kier molecular flexibility index (Phi) is 6.03. The lowest BCUT2D eigenvalue weighted by Crippen LogP contribution is -2.34. The van der Waals surface area contributed by atoms with Crippen molar-refractivity contribution in [1.82, 2.24) is 10.3 Å². The Hall–Kier alpha value is -2.51. The van der Waals surface area contributed by atoms with Crippen LogP contribution in [0.5, 0.6) is 0 Å². The molecule has 0 bridgehead atoms. The molecule has 2 aromatic carbocycles. The first-order valence-electron chi connectivity index (χ1n) is 8.54. The summed E-state index contributed by atoms with van der Waals surface area (Å²) >= 11 is 3.31. The summed E-state index contributed by atoms with van der Waals surface area (Å²) in [5.74, 6) is 0. The van der Waals surface area contributed by atoms with Crippen molar-refractivity contribution in [2.45, 2.75) is 24.8 Å². The molecule has 0 aliphatic carbocycles. The third-order valence-corrected chi connectivity index (χ3v) is 5.66. The maximum Gasteiger partial charge on any atom is 0.319 e. The van der Waals surface area contributed by atoms with E-state index in [1.54, 1.807) is 23.1 Å². The van der Waals surface area contributed by atoms with Crippen molar-refractivity contribution in [2.24, 2.45) is 0 Å². The lowest BCUT2D eigenvalue weighted by Gasteiger charge is -2.10. The molecule has 0 fully saturated rings. The number of carbonyl (C=O) groups excluding carboxylic acids is 1. The van der Waals surface area contributed by atoms with Gasteiger partial charge in [-0.15, -0.1) is 23.1 Å². The maximum atomic E-state index is 11.8. The van der Waals surface area contributed by atoms with Crippen LogP contribution in [0.1, 0.15) is 13.8 Å². The van der Waals surface area contributed by atoms with Crippen LogP contribution in [-0.2, 0) is 0 Å². The lowest BCUT2D eigenvalue weighted by molar-refractivity contribution is 0.250. The van der Waals surface area contributed by atoms with Gasteiger partial charge in [-0.1, -0.05) is 6.07 Å². The molecule has 3 aromatic rings. The molecule has 0 spiro atoms. The van der Waals surface area contributed by atoms with E-state index in [-0.39, 0.29) is 12.1 Å². The van der Waals surface area contributed by atoms with Gasteiger partial charge < -0.3 is 16.4 Å².